The Bertz CT molecular complexity index is 812. The van der Waals surface area contributed by atoms with E-state index in [0.717, 1.165) is 16.1 Å². The number of carbonyl (C=O) groups excluding carboxylic acids is 2. The van der Waals surface area contributed by atoms with Crippen LogP contribution in [0.5, 0.6) is 0 Å². The van der Waals surface area contributed by atoms with Crippen LogP contribution in [0.15, 0.2) is 23.6 Å². The van der Waals surface area contributed by atoms with Crippen LogP contribution >= 0.6 is 11.3 Å². The van der Waals surface area contributed by atoms with Gasteiger partial charge in [-0.3, -0.25) is 9.59 Å². The summed E-state index contributed by atoms with van der Waals surface area (Å²) in [6, 6.07) is 6.59. The normalized spacial score (nSPS) is 17.6. The first-order valence-electron chi connectivity index (χ1n) is 9.32. The maximum absolute atomic E-state index is 13.0. The average Bonchev–Trinajstić information content (AvgIpc) is 3.25. The molecule has 1 aliphatic heterocycles. The van der Waals surface area contributed by atoms with Crippen molar-refractivity contribution in [1.82, 2.24) is 14.4 Å². The van der Waals surface area contributed by atoms with Gasteiger partial charge in [0.1, 0.15) is 0 Å². The van der Waals surface area contributed by atoms with E-state index in [4.69, 9.17) is 0 Å². The number of carbonyl (C=O) groups is 2. The summed E-state index contributed by atoms with van der Waals surface area (Å²) in [6.07, 6.45) is 2.90. The molecule has 0 atom stereocenters. The number of piperazine rings is 1. The molecule has 0 radical (unpaired) electrons. The van der Waals surface area contributed by atoms with Gasteiger partial charge in [-0.2, -0.15) is 0 Å². The van der Waals surface area contributed by atoms with E-state index in [1.165, 1.54) is 18.5 Å². The molecule has 6 heteroatoms. The highest BCUT2D eigenvalue weighted by molar-refractivity contribution is 7.10. The molecular weight excluding hydrogens is 346 g/mol. The van der Waals surface area contributed by atoms with E-state index < -0.39 is 0 Å². The third kappa shape index (κ3) is 3.30. The lowest BCUT2D eigenvalue weighted by atomic mass is 10.2. The van der Waals surface area contributed by atoms with E-state index >= 15 is 0 Å². The molecule has 2 aromatic rings. The predicted octanol–water partition coefficient (Wildman–Crippen LogP) is 3.03. The van der Waals surface area contributed by atoms with Gasteiger partial charge in [-0.15, -0.1) is 11.3 Å². The minimum absolute atomic E-state index is 0.107. The number of nitrogens with zero attached hydrogens (tertiary/aromatic N) is 3. The van der Waals surface area contributed by atoms with Crippen LogP contribution < -0.4 is 0 Å². The molecule has 0 bridgehead atoms. The fourth-order valence-electron chi connectivity index (χ4n) is 3.89. The molecule has 0 unspecified atom stereocenters. The fourth-order valence-corrected chi connectivity index (χ4v) is 4.59. The van der Waals surface area contributed by atoms with Crippen molar-refractivity contribution in [1.29, 1.82) is 0 Å². The molecule has 2 aliphatic rings. The van der Waals surface area contributed by atoms with E-state index in [-0.39, 0.29) is 11.8 Å². The second-order valence-electron chi connectivity index (χ2n) is 7.32. The summed E-state index contributed by atoms with van der Waals surface area (Å²) < 4.78 is 2.31. The minimum atomic E-state index is 0.107. The molecule has 2 aromatic heterocycles. The van der Waals surface area contributed by atoms with Gasteiger partial charge in [-0.25, -0.2) is 0 Å². The number of rotatable bonds is 4. The number of hydrogen-bond acceptors (Lipinski definition) is 3. The lowest BCUT2D eigenvalue weighted by Crippen LogP contribution is -2.51. The van der Waals surface area contributed by atoms with Crippen molar-refractivity contribution in [3.63, 3.8) is 0 Å². The Labute approximate surface area is 158 Å². The van der Waals surface area contributed by atoms with Gasteiger partial charge in [0.05, 0.1) is 12.0 Å². The van der Waals surface area contributed by atoms with Gasteiger partial charge in [-0.1, -0.05) is 6.07 Å². The van der Waals surface area contributed by atoms with Crippen LogP contribution in [0.25, 0.3) is 0 Å². The van der Waals surface area contributed by atoms with Crippen molar-refractivity contribution in [2.24, 2.45) is 0 Å². The molecule has 2 fully saturated rings. The zero-order valence-electron chi connectivity index (χ0n) is 15.4. The van der Waals surface area contributed by atoms with Crippen LogP contribution in [0.4, 0.5) is 0 Å². The summed E-state index contributed by atoms with van der Waals surface area (Å²) in [5.74, 6) is 0.266. The molecule has 2 amide bonds. The van der Waals surface area contributed by atoms with Crippen LogP contribution in [-0.4, -0.2) is 52.4 Å². The standard InChI is InChI=1S/C20H25N3O2S/c1-14-12-18(15(2)23(14)16-5-6-16)20(25)22-9-7-21(8-10-22)19(24)13-17-4-3-11-26-17/h3-4,11-12,16H,5-10,13H2,1-2H3. The lowest BCUT2D eigenvalue weighted by molar-refractivity contribution is -0.131. The number of amides is 2. The van der Waals surface area contributed by atoms with E-state index in [9.17, 15) is 9.59 Å². The first-order valence-corrected chi connectivity index (χ1v) is 10.2. The van der Waals surface area contributed by atoms with Crippen molar-refractivity contribution in [2.75, 3.05) is 26.2 Å². The third-order valence-electron chi connectivity index (χ3n) is 5.45. The maximum atomic E-state index is 13.0. The molecule has 0 spiro atoms. The van der Waals surface area contributed by atoms with Crippen molar-refractivity contribution in [2.45, 2.75) is 39.2 Å². The Balaban J connectivity index is 1.38. The van der Waals surface area contributed by atoms with Crippen LogP contribution in [0.2, 0.25) is 0 Å². The first-order chi connectivity index (χ1) is 12.5. The number of aromatic nitrogens is 1. The SMILES string of the molecule is Cc1cc(C(=O)N2CCN(C(=O)Cc3cccs3)CC2)c(C)n1C1CC1. The molecular formula is C20H25N3O2S. The van der Waals surface area contributed by atoms with Gasteiger partial charge in [0.25, 0.3) is 5.91 Å². The van der Waals surface area contributed by atoms with Crippen LogP contribution in [0.1, 0.15) is 45.5 Å². The van der Waals surface area contributed by atoms with Gasteiger partial charge >= 0.3 is 0 Å². The Morgan fingerprint density at radius 3 is 2.42 bits per heavy atom. The Hall–Kier alpha value is -2.08. The zero-order valence-corrected chi connectivity index (χ0v) is 16.2. The molecule has 3 heterocycles. The number of hydrogen-bond donors (Lipinski definition) is 0. The third-order valence-corrected chi connectivity index (χ3v) is 6.33. The minimum Gasteiger partial charge on any atom is -0.345 e. The Morgan fingerprint density at radius 1 is 1.12 bits per heavy atom. The quantitative estimate of drug-likeness (QED) is 0.829. The topological polar surface area (TPSA) is 45.6 Å². The van der Waals surface area contributed by atoms with Gasteiger partial charge in [0, 0.05) is 48.5 Å². The zero-order chi connectivity index (χ0) is 18.3. The molecule has 26 heavy (non-hydrogen) atoms. The van der Waals surface area contributed by atoms with Crippen LogP contribution in [0.3, 0.4) is 0 Å². The average molecular weight is 372 g/mol. The van der Waals surface area contributed by atoms with E-state index in [1.54, 1.807) is 11.3 Å². The summed E-state index contributed by atoms with van der Waals surface area (Å²) >= 11 is 1.62. The molecule has 0 aromatic carbocycles. The van der Waals surface area contributed by atoms with Gasteiger partial charge in [-0.05, 0) is 44.2 Å². The molecule has 1 aliphatic carbocycles. The fraction of sp³-hybridized carbons (Fsp3) is 0.500. The van der Waals surface area contributed by atoms with Crippen molar-refractivity contribution in [3.8, 4) is 0 Å². The van der Waals surface area contributed by atoms with E-state index in [0.29, 0.717) is 38.6 Å². The Kier molecular flexibility index (Phi) is 4.61. The summed E-state index contributed by atoms with van der Waals surface area (Å²) in [7, 11) is 0. The number of thiophene rings is 1. The summed E-state index contributed by atoms with van der Waals surface area (Å²) in [4.78, 5) is 30.3. The highest BCUT2D eigenvalue weighted by atomic mass is 32.1. The largest absolute Gasteiger partial charge is 0.345 e. The van der Waals surface area contributed by atoms with Gasteiger partial charge in [0.2, 0.25) is 5.91 Å². The summed E-state index contributed by atoms with van der Waals surface area (Å²) in [6.45, 7) is 6.61. The molecule has 138 valence electrons. The summed E-state index contributed by atoms with van der Waals surface area (Å²) in [5, 5.41) is 2.00. The van der Waals surface area contributed by atoms with E-state index in [2.05, 4.69) is 18.4 Å². The molecule has 1 saturated carbocycles. The monoisotopic (exact) mass is 371 g/mol. The lowest BCUT2D eigenvalue weighted by Gasteiger charge is -2.34. The van der Waals surface area contributed by atoms with Crippen molar-refractivity contribution in [3.05, 3.63) is 45.4 Å². The predicted molar refractivity (Wildman–Crippen MR) is 103 cm³/mol. The van der Waals surface area contributed by atoms with Gasteiger partial charge in [0.15, 0.2) is 0 Å². The smallest absolute Gasteiger partial charge is 0.255 e. The first kappa shape index (κ1) is 17.3. The maximum Gasteiger partial charge on any atom is 0.255 e. The molecule has 4 rings (SSSR count). The second kappa shape index (κ2) is 6.91. The molecule has 5 nitrogen and oxygen atoms in total. The van der Waals surface area contributed by atoms with Gasteiger partial charge < -0.3 is 14.4 Å². The van der Waals surface area contributed by atoms with Crippen molar-refractivity contribution < 1.29 is 9.59 Å². The summed E-state index contributed by atoms with van der Waals surface area (Å²) in [5.41, 5.74) is 3.09. The molecule has 0 N–H and O–H groups in total. The highest BCUT2D eigenvalue weighted by Crippen LogP contribution is 2.38. The van der Waals surface area contributed by atoms with Crippen LogP contribution in [0, 0.1) is 13.8 Å². The Morgan fingerprint density at radius 2 is 1.81 bits per heavy atom. The number of aryl methyl sites for hydroxylation is 1. The second-order valence-corrected chi connectivity index (χ2v) is 8.35. The van der Waals surface area contributed by atoms with Crippen LogP contribution in [-0.2, 0) is 11.2 Å². The highest BCUT2D eigenvalue weighted by Gasteiger charge is 2.31. The van der Waals surface area contributed by atoms with Crippen molar-refractivity contribution >= 4 is 23.2 Å². The molecule has 1 saturated heterocycles. The van der Waals surface area contributed by atoms with E-state index in [1.807, 2.05) is 33.4 Å².